The molecule has 1 aliphatic rings. The Kier molecular flexibility index (Phi) is 1.83. The molecule has 0 amide bonds. The van der Waals surface area contributed by atoms with Gasteiger partial charge in [0.1, 0.15) is 10.4 Å². The zero-order valence-corrected chi connectivity index (χ0v) is 9.24. The number of imidazole rings is 1. The van der Waals surface area contributed by atoms with Crippen LogP contribution in [0.15, 0.2) is 22.9 Å². The second-order valence-electron chi connectivity index (χ2n) is 3.71. The molecule has 1 fully saturated rings. The molecule has 0 unspecified atom stereocenters. The van der Waals surface area contributed by atoms with Crippen molar-refractivity contribution in [2.75, 3.05) is 0 Å². The second-order valence-corrected chi connectivity index (χ2v) is 4.46. The first kappa shape index (κ1) is 8.41. The van der Waals surface area contributed by atoms with E-state index in [0.717, 1.165) is 15.9 Å². The van der Waals surface area contributed by atoms with Crippen molar-refractivity contribution < 1.29 is 0 Å². The van der Waals surface area contributed by atoms with Gasteiger partial charge in [0.05, 0.1) is 5.52 Å². The van der Waals surface area contributed by atoms with Gasteiger partial charge in [-0.05, 0) is 40.9 Å². The number of hydrogen-bond donors (Lipinski definition) is 0. The Morgan fingerprint density at radius 3 is 3.00 bits per heavy atom. The molecule has 1 saturated carbocycles. The van der Waals surface area contributed by atoms with E-state index in [1.165, 1.54) is 19.3 Å². The van der Waals surface area contributed by atoms with Gasteiger partial charge in [-0.25, -0.2) is 9.50 Å². The van der Waals surface area contributed by atoms with Gasteiger partial charge in [0.15, 0.2) is 0 Å². The molecule has 0 aromatic carbocycles. The number of rotatable bonds is 1. The van der Waals surface area contributed by atoms with Crippen molar-refractivity contribution in [2.24, 2.45) is 0 Å². The van der Waals surface area contributed by atoms with Crippen LogP contribution in [0, 0.1) is 0 Å². The molecule has 14 heavy (non-hydrogen) atoms. The van der Waals surface area contributed by atoms with Crippen LogP contribution >= 0.6 is 15.9 Å². The molecule has 3 rings (SSSR count). The van der Waals surface area contributed by atoms with Crippen LogP contribution in [-0.4, -0.2) is 14.6 Å². The maximum Gasteiger partial charge on any atom is 0.135 e. The Morgan fingerprint density at radius 1 is 1.43 bits per heavy atom. The lowest BCUT2D eigenvalue weighted by molar-refractivity contribution is 0.396. The van der Waals surface area contributed by atoms with Crippen LogP contribution in [0.3, 0.4) is 0 Å². The first-order valence-corrected chi connectivity index (χ1v) is 5.65. The summed E-state index contributed by atoms with van der Waals surface area (Å²) in [7, 11) is 0. The summed E-state index contributed by atoms with van der Waals surface area (Å²) in [6.07, 6.45) is 5.64. The van der Waals surface area contributed by atoms with Gasteiger partial charge in [0.25, 0.3) is 0 Å². The molecule has 0 aliphatic heterocycles. The highest BCUT2D eigenvalue weighted by atomic mass is 79.9. The van der Waals surface area contributed by atoms with Crippen LogP contribution in [0.4, 0.5) is 0 Å². The van der Waals surface area contributed by atoms with E-state index in [-0.39, 0.29) is 0 Å². The van der Waals surface area contributed by atoms with Gasteiger partial charge in [-0.15, -0.1) is 0 Å². The van der Waals surface area contributed by atoms with E-state index in [4.69, 9.17) is 0 Å². The number of fused-ring (bicyclic) bond motifs is 1. The average Bonchev–Trinajstić information content (AvgIpc) is 2.43. The molecule has 3 nitrogen and oxygen atoms in total. The van der Waals surface area contributed by atoms with Crippen LogP contribution in [0.2, 0.25) is 0 Å². The Labute approximate surface area is 90.3 Å². The largest absolute Gasteiger partial charge is 0.223 e. The first-order valence-electron chi connectivity index (χ1n) is 4.85. The Bertz CT molecular complexity index is 473. The minimum Gasteiger partial charge on any atom is -0.223 e. The lowest BCUT2D eigenvalue weighted by Crippen LogP contribution is -2.13. The Hall–Kier alpha value is -0.900. The van der Waals surface area contributed by atoms with Gasteiger partial charge in [-0.2, -0.15) is 5.10 Å². The Morgan fingerprint density at radius 2 is 2.29 bits per heavy atom. The molecule has 0 bridgehead atoms. The third kappa shape index (κ3) is 1.10. The second kappa shape index (κ2) is 3.05. The van der Waals surface area contributed by atoms with Crippen molar-refractivity contribution in [3.05, 3.63) is 28.8 Å². The molecule has 2 heterocycles. The molecule has 0 radical (unpaired) electrons. The summed E-state index contributed by atoms with van der Waals surface area (Å²) in [6, 6.07) is 3.97. The van der Waals surface area contributed by atoms with E-state index in [0.29, 0.717) is 5.92 Å². The minimum atomic E-state index is 0.615. The summed E-state index contributed by atoms with van der Waals surface area (Å²) in [6.45, 7) is 0. The molecule has 2 aromatic rings. The normalized spacial score (nSPS) is 17.2. The number of halogens is 1. The summed E-state index contributed by atoms with van der Waals surface area (Å²) in [5.41, 5.74) is 1.06. The number of nitrogens with zero attached hydrogens (tertiary/aromatic N) is 3. The summed E-state index contributed by atoms with van der Waals surface area (Å²) in [4.78, 5) is 4.53. The molecule has 72 valence electrons. The van der Waals surface area contributed by atoms with E-state index in [1.807, 2.05) is 22.8 Å². The Balaban J connectivity index is 2.23. The van der Waals surface area contributed by atoms with E-state index >= 15 is 0 Å². The lowest BCUT2D eigenvalue weighted by Gasteiger charge is -2.23. The highest BCUT2D eigenvalue weighted by molar-refractivity contribution is 9.10. The van der Waals surface area contributed by atoms with Gasteiger partial charge in [0.2, 0.25) is 0 Å². The fourth-order valence-corrected chi connectivity index (χ4v) is 2.33. The standard InChI is InChI=1S/C10H10BrN3/c11-9-8-5-2-6-12-14(8)10(13-9)7-3-1-4-7/h2,5-7H,1,3-4H2. The predicted octanol–water partition coefficient (Wildman–Crippen LogP) is 2.76. The van der Waals surface area contributed by atoms with Crippen molar-refractivity contribution in [1.82, 2.24) is 14.6 Å². The van der Waals surface area contributed by atoms with Crippen LogP contribution in [0.25, 0.3) is 5.52 Å². The predicted molar refractivity (Wildman–Crippen MR) is 57.3 cm³/mol. The highest BCUT2D eigenvalue weighted by Crippen LogP contribution is 2.36. The molecule has 0 N–H and O–H groups in total. The highest BCUT2D eigenvalue weighted by Gasteiger charge is 2.25. The molecule has 2 aromatic heterocycles. The minimum absolute atomic E-state index is 0.615. The molecule has 0 spiro atoms. The van der Waals surface area contributed by atoms with Crippen molar-refractivity contribution in [2.45, 2.75) is 25.2 Å². The van der Waals surface area contributed by atoms with Crippen LogP contribution < -0.4 is 0 Å². The van der Waals surface area contributed by atoms with Crippen LogP contribution in [0.5, 0.6) is 0 Å². The van der Waals surface area contributed by atoms with Crippen LogP contribution in [-0.2, 0) is 0 Å². The van der Waals surface area contributed by atoms with Gasteiger partial charge >= 0.3 is 0 Å². The number of aromatic nitrogens is 3. The van der Waals surface area contributed by atoms with E-state index in [9.17, 15) is 0 Å². The third-order valence-electron chi connectivity index (χ3n) is 2.86. The maximum absolute atomic E-state index is 4.53. The smallest absolute Gasteiger partial charge is 0.135 e. The average molecular weight is 252 g/mol. The van der Waals surface area contributed by atoms with E-state index in [1.54, 1.807) is 0 Å². The first-order chi connectivity index (χ1) is 6.86. The molecule has 4 heteroatoms. The fraction of sp³-hybridized carbons (Fsp3) is 0.400. The fourth-order valence-electron chi connectivity index (χ4n) is 1.85. The van der Waals surface area contributed by atoms with Crippen LogP contribution in [0.1, 0.15) is 31.0 Å². The molecule has 0 saturated heterocycles. The third-order valence-corrected chi connectivity index (χ3v) is 3.45. The van der Waals surface area contributed by atoms with Gasteiger partial charge < -0.3 is 0 Å². The van der Waals surface area contributed by atoms with Gasteiger partial charge in [-0.1, -0.05) is 6.42 Å². The van der Waals surface area contributed by atoms with E-state index < -0.39 is 0 Å². The summed E-state index contributed by atoms with van der Waals surface area (Å²) in [5, 5.41) is 4.33. The van der Waals surface area contributed by atoms with Crippen molar-refractivity contribution in [1.29, 1.82) is 0 Å². The summed E-state index contributed by atoms with van der Waals surface area (Å²) < 4.78 is 2.86. The summed E-state index contributed by atoms with van der Waals surface area (Å²) in [5.74, 6) is 1.72. The zero-order chi connectivity index (χ0) is 9.54. The van der Waals surface area contributed by atoms with E-state index in [2.05, 4.69) is 26.0 Å². The topological polar surface area (TPSA) is 30.2 Å². The van der Waals surface area contributed by atoms with Gasteiger partial charge in [0, 0.05) is 12.1 Å². The monoisotopic (exact) mass is 251 g/mol. The number of hydrogen-bond acceptors (Lipinski definition) is 2. The SMILES string of the molecule is Brc1nc(C2CCC2)n2ncccc12. The van der Waals surface area contributed by atoms with Crippen molar-refractivity contribution in [3.8, 4) is 0 Å². The lowest BCUT2D eigenvalue weighted by atomic mass is 9.85. The van der Waals surface area contributed by atoms with Crippen molar-refractivity contribution in [3.63, 3.8) is 0 Å². The van der Waals surface area contributed by atoms with Gasteiger partial charge in [-0.3, -0.25) is 0 Å². The maximum atomic E-state index is 4.53. The quantitative estimate of drug-likeness (QED) is 0.781. The molecular formula is C10H10BrN3. The molecule has 1 aliphatic carbocycles. The zero-order valence-electron chi connectivity index (χ0n) is 7.65. The summed E-state index contributed by atoms with van der Waals surface area (Å²) >= 11 is 3.47. The molecule has 0 atom stereocenters. The molecular weight excluding hydrogens is 242 g/mol. The van der Waals surface area contributed by atoms with Crippen molar-refractivity contribution >= 4 is 21.4 Å².